The summed E-state index contributed by atoms with van der Waals surface area (Å²) < 4.78 is 0. The van der Waals surface area contributed by atoms with Gasteiger partial charge in [-0.1, -0.05) is 57.5 Å². The fourth-order valence-corrected chi connectivity index (χ4v) is 2.83. The van der Waals surface area contributed by atoms with E-state index < -0.39 is 12.1 Å². The van der Waals surface area contributed by atoms with Gasteiger partial charge in [0, 0.05) is 18.1 Å². The third kappa shape index (κ3) is 10.0. The molecule has 1 saturated heterocycles. The highest BCUT2D eigenvalue weighted by atomic mass is 35.5. The summed E-state index contributed by atoms with van der Waals surface area (Å²) in [7, 11) is 0. The first-order chi connectivity index (χ1) is 11.6. The van der Waals surface area contributed by atoms with Crippen LogP contribution in [0.1, 0.15) is 34.1 Å². The molecule has 2 atom stereocenters. The Labute approximate surface area is 169 Å². The number of benzene rings is 1. The Bertz CT molecular complexity index is 533. The molecule has 2 rings (SSSR count). The number of halogens is 2. The van der Waals surface area contributed by atoms with Gasteiger partial charge in [0.2, 0.25) is 5.91 Å². The van der Waals surface area contributed by atoms with Gasteiger partial charge in [-0.2, -0.15) is 0 Å². The van der Waals surface area contributed by atoms with Crippen molar-refractivity contribution in [3.63, 3.8) is 0 Å². The van der Waals surface area contributed by atoms with Crippen LogP contribution in [0.5, 0.6) is 0 Å². The van der Waals surface area contributed by atoms with E-state index >= 15 is 0 Å². The molecule has 1 aromatic carbocycles. The number of amides is 1. The summed E-state index contributed by atoms with van der Waals surface area (Å²) in [5.41, 5.74) is 5.83. The minimum atomic E-state index is -0.457. The molecule has 3 N–H and O–H groups in total. The maximum absolute atomic E-state index is 12.1. The zero-order chi connectivity index (χ0) is 19.6. The summed E-state index contributed by atoms with van der Waals surface area (Å²) >= 11 is 5.54. The Balaban J connectivity index is 0. The van der Waals surface area contributed by atoms with Crippen LogP contribution in [0.15, 0.2) is 30.3 Å². The molecule has 0 spiro atoms. The molecule has 1 aromatic rings. The molecule has 0 saturated carbocycles. The van der Waals surface area contributed by atoms with Gasteiger partial charge in [0.15, 0.2) is 0 Å². The van der Waals surface area contributed by atoms with Crippen molar-refractivity contribution < 1.29 is 9.90 Å². The highest BCUT2D eigenvalue weighted by molar-refractivity contribution is 6.30. The third-order valence-electron chi connectivity index (χ3n) is 3.89. The molecule has 148 valence electrons. The van der Waals surface area contributed by atoms with Crippen LogP contribution in [0.3, 0.4) is 0 Å². The van der Waals surface area contributed by atoms with Gasteiger partial charge in [0.25, 0.3) is 0 Å². The van der Waals surface area contributed by atoms with Gasteiger partial charge in [0.1, 0.15) is 0 Å². The summed E-state index contributed by atoms with van der Waals surface area (Å²) in [5.74, 6) is 0.0940. The van der Waals surface area contributed by atoms with E-state index in [1.165, 1.54) is 0 Å². The van der Waals surface area contributed by atoms with E-state index in [9.17, 15) is 9.90 Å². The average Bonchev–Trinajstić information content (AvgIpc) is 2.54. The van der Waals surface area contributed by atoms with Crippen molar-refractivity contribution in [2.45, 2.75) is 46.3 Å². The Hall–Kier alpha value is -1.25. The zero-order valence-corrected chi connectivity index (χ0v) is 17.6. The van der Waals surface area contributed by atoms with E-state index in [2.05, 4.69) is 26.7 Å². The predicted molar refractivity (Wildman–Crippen MR) is 112 cm³/mol. The predicted octanol–water partition coefficient (Wildman–Crippen LogP) is 3.60. The number of terminal acetylenes is 1. The monoisotopic (exact) mass is 402 g/mol. The molecule has 0 aromatic heterocycles. The third-order valence-corrected chi connectivity index (χ3v) is 4.14. The summed E-state index contributed by atoms with van der Waals surface area (Å²) in [6, 6.07) is 8.99. The first-order valence-corrected chi connectivity index (χ1v) is 8.76. The van der Waals surface area contributed by atoms with Gasteiger partial charge in [0.05, 0.1) is 12.1 Å². The van der Waals surface area contributed by atoms with Crippen LogP contribution in [-0.4, -0.2) is 41.1 Å². The highest BCUT2D eigenvalue weighted by Gasteiger charge is 2.35. The smallest absolute Gasteiger partial charge is 0.239 e. The molecular weight excluding hydrogens is 371 g/mol. The summed E-state index contributed by atoms with van der Waals surface area (Å²) in [4.78, 5) is 13.8. The van der Waals surface area contributed by atoms with Crippen molar-refractivity contribution in [3.05, 3.63) is 35.4 Å². The lowest BCUT2D eigenvalue weighted by atomic mass is 9.82. The number of nitrogens with two attached hydrogens (primary N) is 1. The van der Waals surface area contributed by atoms with E-state index in [4.69, 9.17) is 17.3 Å². The lowest BCUT2D eigenvalue weighted by Crippen LogP contribution is -2.55. The molecule has 0 unspecified atom stereocenters. The molecule has 26 heavy (non-hydrogen) atoms. The lowest BCUT2D eigenvalue weighted by molar-refractivity contribution is -0.140. The number of nitrogens with zero attached hydrogens (tertiary/aromatic N) is 1. The molecule has 0 aliphatic carbocycles. The molecule has 1 aliphatic heterocycles. The summed E-state index contributed by atoms with van der Waals surface area (Å²) in [5, 5.41) is 10.5. The van der Waals surface area contributed by atoms with Gasteiger partial charge in [-0.25, -0.2) is 0 Å². The van der Waals surface area contributed by atoms with Gasteiger partial charge in [-0.05, 0) is 29.9 Å². The minimum Gasteiger partial charge on any atom is -0.391 e. The van der Waals surface area contributed by atoms with Crippen LogP contribution < -0.4 is 5.73 Å². The molecule has 6 heteroatoms. The Kier molecular flexibility index (Phi) is 13.5. The van der Waals surface area contributed by atoms with Crippen molar-refractivity contribution in [3.8, 4) is 12.8 Å². The number of piperidine rings is 1. The molecular formula is C20H32Cl2N2O2. The van der Waals surface area contributed by atoms with E-state index in [0.717, 1.165) is 11.4 Å². The van der Waals surface area contributed by atoms with Crippen LogP contribution in [0.4, 0.5) is 0 Å². The number of β-amino-alcohol motifs (C(OH)–C–C–N with tert-alkyl or cyclic N) is 1. The van der Waals surface area contributed by atoms with Crippen LogP contribution in [-0.2, 0) is 4.79 Å². The van der Waals surface area contributed by atoms with Gasteiger partial charge in [-0.3, -0.25) is 4.79 Å². The number of aliphatic hydroxyl groups excluding tert-OH is 1. The fraction of sp³-hybridized carbons (Fsp3) is 0.550. The number of aliphatic hydroxyl groups is 1. The molecule has 4 nitrogen and oxygen atoms in total. The largest absolute Gasteiger partial charge is 0.391 e. The first kappa shape index (κ1) is 27.0. The second-order valence-corrected chi connectivity index (χ2v) is 7.74. The van der Waals surface area contributed by atoms with Crippen LogP contribution in [0.2, 0.25) is 5.02 Å². The van der Waals surface area contributed by atoms with Crippen molar-refractivity contribution in [2.24, 2.45) is 17.1 Å². The maximum atomic E-state index is 12.1. The SMILES string of the molecule is C#C.CC(C)[C@@H](N)C(=O)N1C[C@H](O)CC(C)(C)C1.Cl.Clc1ccccc1. The van der Waals surface area contributed by atoms with Gasteiger partial charge < -0.3 is 15.7 Å². The number of hydrogen-bond donors (Lipinski definition) is 2. The van der Waals surface area contributed by atoms with E-state index in [-0.39, 0.29) is 29.6 Å². The second-order valence-electron chi connectivity index (χ2n) is 7.31. The number of likely N-dealkylation sites (tertiary alicyclic amines) is 1. The van der Waals surface area contributed by atoms with Crippen LogP contribution in [0, 0.1) is 24.2 Å². The number of carbonyl (C=O) groups is 1. The standard InChI is InChI=1S/C12H24N2O2.C6H5Cl.C2H2.ClH/c1-8(2)10(13)11(16)14-6-9(15)5-12(3,4)7-14;7-6-4-2-1-3-5-6;1-2;/h8-10,15H,5-7,13H2,1-4H3;1-5H;1-2H;1H/t9-,10-;;;/m1.../s1. The van der Waals surface area contributed by atoms with Crippen molar-refractivity contribution >= 4 is 29.9 Å². The van der Waals surface area contributed by atoms with Crippen LogP contribution >= 0.6 is 24.0 Å². The lowest BCUT2D eigenvalue weighted by Gasteiger charge is -2.41. The number of hydrogen-bond acceptors (Lipinski definition) is 3. The molecule has 1 aliphatic rings. The Morgan fingerprint density at radius 2 is 1.81 bits per heavy atom. The molecule has 1 fully saturated rings. The van der Waals surface area contributed by atoms with Crippen LogP contribution in [0.25, 0.3) is 0 Å². The fourth-order valence-electron chi connectivity index (χ4n) is 2.68. The maximum Gasteiger partial charge on any atom is 0.239 e. The van der Waals surface area contributed by atoms with Crippen molar-refractivity contribution in [2.75, 3.05) is 13.1 Å². The van der Waals surface area contributed by atoms with E-state index in [1.54, 1.807) is 4.90 Å². The molecule has 0 bridgehead atoms. The average molecular weight is 403 g/mol. The van der Waals surface area contributed by atoms with Crippen molar-refractivity contribution in [1.29, 1.82) is 0 Å². The Morgan fingerprint density at radius 1 is 1.31 bits per heavy atom. The Morgan fingerprint density at radius 3 is 2.15 bits per heavy atom. The first-order valence-electron chi connectivity index (χ1n) is 8.39. The topological polar surface area (TPSA) is 66.6 Å². The van der Waals surface area contributed by atoms with E-state index in [1.807, 2.05) is 44.2 Å². The van der Waals surface area contributed by atoms with Gasteiger partial charge >= 0.3 is 0 Å². The summed E-state index contributed by atoms with van der Waals surface area (Å²) in [6.45, 7) is 9.11. The zero-order valence-electron chi connectivity index (χ0n) is 16.1. The number of rotatable bonds is 2. The molecule has 0 radical (unpaired) electrons. The quantitative estimate of drug-likeness (QED) is 0.742. The second kappa shape index (κ2) is 13.0. The molecule has 1 amide bonds. The summed E-state index contributed by atoms with van der Waals surface area (Å²) in [6.07, 6.45) is 8.32. The van der Waals surface area contributed by atoms with Gasteiger partial charge in [-0.15, -0.1) is 25.3 Å². The number of carbonyl (C=O) groups excluding carboxylic acids is 1. The normalized spacial score (nSPS) is 19.0. The molecule has 1 heterocycles. The minimum absolute atomic E-state index is 0. The van der Waals surface area contributed by atoms with E-state index in [0.29, 0.717) is 13.1 Å². The highest BCUT2D eigenvalue weighted by Crippen LogP contribution is 2.29. The van der Waals surface area contributed by atoms with Crippen molar-refractivity contribution in [1.82, 2.24) is 4.90 Å².